The zero-order valence-corrected chi connectivity index (χ0v) is 14.6. The highest BCUT2D eigenvalue weighted by atomic mass is 16.6. The maximum Gasteiger partial charge on any atom is 0.181 e. The zero-order chi connectivity index (χ0) is 17.0. The summed E-state index contributed by atoms with van der Waals surface area (Å²) in [5.74, 6) is 2.95. The van der Waals surface area contributed by atoms with Crippen molar-refractivity contribution in [1.29, 1.82) is 0 Å². The minimum Gasteiger partial charge on any atom is -0.493 e. The molecular weight excluding hydrogens is 308 g/mol. The summed E-state index contributed by atoms with van der Waals surface area (Å²) in [6.07, 6.45) is 1.97. The fraction of sp³-hybridized carbons (Fsp3) is 0.217. The number of aryl methyl sites for hydroxylation is 1. The standard InChI is InChI=1S/C23H20O2/c1-3-11-24-22-14(2)12-20-23(25-20)21(22)18-10-6-9-17-16-8-5-4-7-15(16)13-19(17)18/h4-10,12H,3,11,13H2,1-2H3. The van der Waals surface area contributed by atoms with Gasteiger partial charge >= 0.3 is 0 Å². The van der Waals surface area contributed by atoms with Crippen molar-refractivity contribution in [2.75, 3.05) is 6.61 Å². The molecule has 25 heavy (non-hydrogen) atoms. The quantitative estimate of drug-likeness (QED) is 0.370. The Balaban J connectivity index is 1.72. The molecule has 0 radical (unpaired) electrons. The summed E-state index contributed by atoms with van der Waals surface area (Å²) in [6.45, 7) is 4.97. The average Bonchev–Trinajstić information content (AvgIpc) is 3.29. The van der Waals surface area contributed by atoms with Gasteiger partial charge in [-0.2, -0.15) is 0 Å². The minimum absolute atomic E-state index is 0.724. The summed E-state index contributed by atoms with van der Waals surface area (Å²) in [6, 6.07) is 17.4. The molecule has 2 aliphatic rings. The van der Waals surface area contributed by atoms with Crippen LogP contribution < -0.4 is 9.47 Å². The van der Waals surface area contributed by atoms with Crippen molar-refractivity contribution in [2.45, 2.75) is 26.7 Å². The molecule has 0 amide bonds. The van der Waals surface area contributed by atoms with Gasteiger partial charge in [-0.15, -0.1) is 0 Å². The van der Waals surface area contributed by atoms with Crippen molar-refractivity contribution in [3.8, 4) is 39.5 Å². The summed E-state index contributed by atoms with van der Waals surface area (Å²) in [4.78, 5) is 0. The van der Waals surface area contributed by atoms with E-state index in [0.717, 1.165) is 47.8 Å². The second-order valence-corrected chi connectivity index (χ2v) is 6.84. The smallest absolute Gasteiger partial charge is 0.181 e. The number of fused-ring (bicyclic) bond motifs is 4. The van der Waals surface area contributed by atoms with Crippen LogP contribution in [0.4, 0.5) is 0 Å². The van der Waals surface area contributed by atoms with E-state index >= 15 is 0 Å². The molecule has 0 unspecified atom stereocenters. The molecule has 0 bridgehead atoms. The summed E-state index contributed by atoms with van der Waals surface area (Å²) in [5, 5.41) is 0. The van der Waals surface area contributed by atoms with Gasteiger partial charge in [-0.1, -0.05) is 49.4 Å². The second-order valence-electron chi connectivity index (χ2n) is 6.84. The molecule has 0 saturated carbocycles. The summed E-state index contributed by atoms with van der Waals surface area (Å²) >= 11 is 0. The van der Waals surface area contributed by atoms with E-state index in [2.05, 4.69) is 62.4 Å². The average molecular weight is 328 g/mol. The molecule has 2 heteroatoms. The van der Waals surface area contributed by atoms with Crippen LogP contribution in [0.2, 0.25) is 0 Å². The van der Waals surface area contributed by atoms with Crippen molar-refractivity contribution in [1.82, 2.24) is 0 Å². The number of benzene rings is 3. The highest BCUT2D eigenvalue weighted by Crippen LogP contribution is 2.59. The van der Waals surface area contributed by atoms with Crippen LogP contribution in [0.15, 0.2) is 48.5 Å². The van der Waals surface area contributed by atoms with Gasteiger partial charge in [-0.25, -0.2) is 0 Å². The highest BCUT2D eigenvalue weighted by Gasteiger charge is 2.33. The Hall–Kier alpha value is -2.74. The Bertz CT molecular complexity index is 1000. The lowest BCUT2D eigenvalue weighted by Crippen LogP contribution is -1.99. The van der Waals surface area contributed by atoms with Crippen LogP contribution in [-0.4, -0.2) is 6.61 Å². The lowest BCUT2D eigenvalue weighted by atomic mass is 9.94. The first-order valence-electron chi connectivity index (χ1n) is 8.96. The molecule has 124 valence electrons. The van der Waals surface area contributed by atoms with Crippen molar-refractivity contribution in [3.05, 3.63) is 65.2 Å². The molecule has 1 aliphatic carbocycles. The van der Waals surface area contributed by atoms with Gasteiger partial charge in [-0.05, 0) is 59.2 Å². The molecule has 3 aromatic rings. The third-order valence-corrected chi connectivity index (χ3v) is 5.12. The molecule has 0 spiro atoms. The Labute approximate surface area is 148 Å². The van der Waals surface area contributed by atoms with E-state index in [0.29, 0.717) is 0 Å². The summed E-state index contributed by atoms with van der Waals surface area (Å²) in [7, 11) is 0. The number of rotatable bonds is 4. The molecule has 1 aliphatic heterocycles. The number of hydrogen-bond acceptors (Lipinski definition) is 2. The van der Waals surface area contributed by atoms with E-state index in [1.54, 1.807) is 0 Å². The molecule has 1 heterocycles. The van der Waals surface area contributed by atoms with Gasteiger partial charge in [0.15, 0.2) is 11.5 Å². The van der Waals surface area contributed by atoms with Crippen LogP contribution in [0, 0.1) is 6.92 Å². The van der Waals surface area contributed by atoms with Crippen molar-refractivity contribution >= 4 is 0 Å². The predicted molar refractivity (Wildman–Crippen MR) is 101 cm³/mol. The second kappa shape index (κ2) is 5.38. The third kappa shape index (κ3) is 2.17. The molecule has 0 fully saturated rings. The van der Waals surface area contributed by atoms with Gasteiger partial charge in [0.25, 0.3) is 0 Å². The molecule has 5 rings (SSSR count). The Morgan fingerprint density at radius 1 is 1.00 bits per heavy atom. The summed E-state index contributed by atoms with van der Waals surface area (Å²) in [5.41, 5.74) is 9.00. The monoisotopic (exact) mass is 328 g/mol. The van der Waals surface area contributed by atoms with Crippen molar-refractivity contribution in [3.63, 3.8) is 0 Å². The minimum atomic E-state index is 0.724. The Kier molecular flexibility index (Phi) is 3.14. The van der Waals surface area contributed by atoms with E-state index < -0.39 is 0 Å². The first-order valence-corrected chi connectivity index (χ1v) is 8.96. The summed E-state index contributed by atoms with van der Waals surface area (Å²) < 4.78 is 11.9. The van der Waals surface area contributed by atoms with Crippen molar-refractivity contribution < 1.29 is 9.47 Å². The molecule has 0 aromatic heterocycles. The number of ether oxygens (including phenoxy) is 2. The van der Waals surface area contributed by atoms with Crippen molar-refractivity contribution in [2.24, 2.45) is 0 Å². The highest BCUT2D eigenvalue weighted by molar-refractivity contribution is 5.92. The van der Waals surface area contributed by atoms with Crippen LogP contribution in [0.5, 0.6) is 17.2 Å². The normalized spacial score (nSPS) is 12.9. The fourth-order valence-corrected chi connectivity index (χ4v) is 3.94. The van der Waals surface area contributed by atoms with Crippen LogP contribution in [0.1, 0.15) is 30.0 Å². The molecule has 0 saturated heterocycles. The lowest BCUT2D eigenvalue weighted by Gasteiger charge is -2.14. The molecule has 0 atom stereocenters. The van der Waals surface area contributed by atoms with Gasteiger partial charge in [0.1, 0.15) is 5.75 Å². The number of hydrogen-bond donors (Lipinski definition) is 0. The first-order chi connectivity index (χ1) is 12.3. The third-order valence-electron chi connectivity index (χ3n) is 5.12. The van der Waals surface area contributed by atoms with Gasteiger partial charge in [0.05, 0.1) is 12.2 Å². The van der Waals surface area contributed by atoms with Crippen LogP contribution in [0.25, 0.3) is 22.3 Å². The Morgan fingerprint density at radius 2 is 1.80 bits per heavy atom. The van der Waals surface area contributed by atoms with Gasteiger partial charge < -0.3 is 9.47 Å². The largest absolute Gasteiger partial charge is 0.493 e. The van der Waals surface area contributed by atoms with Crippen LogP contribution >= 0.6 is 0 Å². The SMILES string of the molecule is CCCOc1c(C)cc2c(c1-c1cccc3c1Cc1ccccc1-3)O2. The maximum atomic E-state index is 6.14. The fourth-order valence-electron chi connectivity index (χ4n) is 3.94. The van der Waals surface area contributed by atoms with Gasteiger partial charge in [0, 0.05) is 0 Å². The van der Waals surface area contributed by atoms with Gasteiger partial charge in [-0.3, -0.25) is 0 Å². The van der Waals surface area contributed by atoms with Crippen LogP contribution in [-0.2, 0) is 6.42 Å². The van der Waals surface area contributed by atoms with Gasteiger partial charge in [0.2, 0.25) is 0 Å². The van der Waals surface area contributed by atoms with E-state index in [1.165, 1.54) is 27.8 Å². The molecular formula is C23H20O2. The van der Waals surface area contributed by atoms with E-state index in [1.807, 2.05) is 0 Å². The van der Waals surface area contributed by atoms with E-state index in [4.69, 9.17) is 9.47 Å². The Morgan fingerprint density at radius 3 is 2.68 bits per heavy atom. The van der Waals surface area contributed by atoms with E-state index in [9.17, 15) is 0 Å². The maximum absolute atomic E-state index is 6.14. The van der Waals surface area contributed by atoms with E-state index in [-0.39, 0.29) is 0 Å². The first kappa shape index (κ1) is 14.6. The topological polar surface area (TPSA) is 21.8 Å². The predicted octanol–water partition coefficient (Wildman–Crippen LogP) is 6.13. The molecule has 3 aromatic carbocycles. The molecule has 0 N–H and O–H groups in total. The lowest BCUT2D eigenvalue weighted by molar-refractivity contribution is 0.317. The van der Waals surface area contributed by atoms with Crippen LogP contribution in [0.3, 0.4) is 0 Å². The zero-order valence-electron chi connectivity index (χ0n) is 14.6. The molecule has 2 nitrogen and oxygen atoms in total.